The second kappa shape index (κ2) is 9.33. The molecule has 0 radical (unpaired) electrons. The summed E-state index contributed by atoms with van der Waals surface area (Å²) in [6, 6.07) is 27.7. The van der Waals surface area contributed by atoms with E-state index in [1.165, 1.54) is 53.8 Å². The normalized spacial score (nSPS) is 20.7. The van der Waals surface area contributed by atoms with Gasteiger partial charge in [-0.1, -0.05) is 0 Å². The fraction of sp³-hybridized carbons (Fsp3) is 0.250. The number of rotatable bonds is 2. The first-order valence-electron chi connectivity index (χ1n) is 12.6. The predicted octanol–water partition coefficient (Wildman–Crippen LogP) is 3.40. The Balaban J connectivity index is 0.00000127. The third kappa shape index (κ3) is 3.57. The molecule has 7 rings (SSSR count). The SMILES string of the molecule is CC1=Cc2c(ccc3ccccc23)[CH]1[Zr+2]1([CH]2C(C)=Cc3c2ccc2ccccc32)[CH2]CC[CH2]1.[Cl-].[Cl-]. The molecule has 176 valence electrons. The molecular formula is C32H30Cl2Zr. The van der Waals surface area contributed by atoms with Crippen LogP contribution >= 0.6 is 0 Å². The number of allylic oxidation sites excluding steroid dienone is 2. The van der Waals surface area contributed by atoms with Gasteiger partial charge in [-0.25, -0.2) is 0 Å². The zero-order valence-electron chi connectivity index (χ0n) is 20.3. The quantitative estimate of drug-likeness (QED) is 0.343. The molecule has 1 saturated heterocycles. The molecule has 1 heterocycles. The minimum atomic E-state index is -2.72. The second-order valence-electron chi connectivity index (χ2n) is 10.7. The van der Waals surface area contributed by atoms with E-state index >= 15 is 0 Å². The monoisotopic (exact) mass is 574 g/mol. The minimum Gasteiger partial charge on any atom is -1.00 e. The summed E-state index contributed by atoms with van der Waals surface area (Å²) in [6.45, 7) is 4.90. The van der Waals surface area contributed by atoms with E-state index in [-0.39, 0.29) is 24.8 Å². The third-order valence-electron chi connectivity index (χ3n) is 8.97. The third-order valence-corrected chi connectivity index (χ3v) is 24.7. The summed E-state index contributed by atoms with van der Waals surface area (Å²) in [5, 5.41) is 5.65. The van der Waals surface area contributed by atoms with E-state index in [4.69, 9.17) is 0 Å². The van der Waals surface area contributed by atoms with Gasteiger partial charge in [0.05, 0.1) is 0 Å². The predicted molar refractivity (Wildman–Crippen MR) is 140 cm³/mol. The van der Waals surface area contributed by atoms with Gasteiger partial charge < -0.3 is 24.8 Å². The van der Waals surface area contributed by atoms with E-state index in [0.29, 0.717) is 7.25 Å². The van der Waals surface area contributed by atoms with Crippen LogP contribution in [0.5, 0.6) is 0 Å². The Labute approximate surface area is 225 Å². The van der Waals surface area contributed by atoms with E-state index in [2.05, 4.69) is 98.8 Å². The molecule has 2 atom stereocenters. The fourth-order valence-corrected chi connectivity index (χ4v) is 25.8. The number of fused-ring (bicyclic) bond motifs is 6. The summed E-state index contributed by atoms with van der Waals surface area (Å²) in [7, 11) is 0. The van der Waals surface area contributed by atoms with E-state index in [9.17, 15) is 0 Å². The molecule has 4 aromatic carbocycles. The number of benzene rings is 4. The Kier molecular flexibility index (Phi) is 6.67. The van der Waals surface area contributed by atoms with Crippen molar-refractivity contribution in [3.8, 4) is 0 Å². The molecule has 0 spiro atoms. The molecule has 35 heavy (non-hydrogen) atoms. The molecule has 0 nitrogen and oxygen atoms in total. The Morgan fingerprint density at radius 3 is 1.46 bits per heavy atom. The Morgan fingerprint density at radius 1 is 0.571 bits per heavy atom. The average molecular weight is 577 g/mol. The topological polar surface area (TPSA) is 0 Å². The maximum absolute atomic E-state index is 2.72. The first-order valence-corrected chi connectivity index (χ1v) is 18.9. The van der Waals surface area contributed by atoms with Gasteiger partial charge in [0.1, 0.15) is 0 Å². The smallest absolute Gasteiger partial charge is 1.00 e. The Morgan fingerprint density at radius 2 is 1.00 bits per heavy atom. The van der Waals surface area contributed by atoms with E-state index in [1.54, 1.807) is 22.3 Å². The van der Waals surface area contributed by atoms with E-state index < -0.39 is 20.3 Å². The number of hydrogen-bond donors (Lipinski definition) is 0. The van der Waals surface area contributed by atoms with Crippen LogP contribution < -0.4 is 24.8 Å². The average Bonchev–Trinajstić information content (AvgIpc) is 3.54. The molecule has 1 aliphatic heterocycles. The molecule has 3 aliphatic rings. The molecule has 1 fully saturated rings. The summed E-state index contributed by atoms with van der Waals surface area (Å²) >= 11 is -2.72. The first-order chi connectivity index (χ1) is 16.2. The van der Waals surface area contributed by atoms with Gasteiger partial charge >= 0.3 is 202 Å². The van der Waals surface area contributed by atoms with Crippen molar-refractivity contribution in [1.29, 1.82) is 0 Å². The molecule has 0 amide bonds. The van der Waals surface area contributed by atoms with E-state index in [0.717, 1.165) is 0 Å². The van der Waals surface area contributed by atoms with Gasteiger partial charge in [-0.15, -0.1) is 0 Å². The van der Waals surface area contributed by atoms with Crippen LogP contribution in [0.3, 0.4) is 0 Å². The molecule has 0 saturated carbocycles. The van der Waals surface area contributed by atoms with Gasteiger partial charge in [0.15, 0.2) is 0 Å². The molecule has 0 bridgehead atoms. The van der Waals surface area contributed by atoms with Crippen LogP contribution in [0, 0.1) is 0 Å². The van der Waals surface area contributed by atoms with Gasteiger partial charge in [0.25, 0.3) is 0 Å². The van der Waals surface area contributed by atoms with Crippen molar-refractivity contribution in [3.05, 3.63) is 106 Å². The zero-order chi connectivity index (χ0) is 22.2. The minimum absolute atomic E-state index is 0. The van der Waals surface area contributed by atoms with Crippen LogP contribution in [0.2, 0.25) is 8.26 Å². The van der Waals surface area contributed by atoms with Crippen molar-refractivity contribution in [2.24, 2.45) is 0 Å². The Bertz CT molecular complexity index is 1400. The molecule has 2 unspecified atom stereocenters. The summed E-state index contributed by atoms with van der Waals surface area (Å²) in [5.41, 5.74) is 9.67. The van der Waals surface area contributed by atoms with Gasteiger partial charge in [-0.2, -0.15) is 0 Å². The van der Waals surface area contributed by atoms with Crippen molar-refractivity contribution in [1.82, 2.24) is 0 Å². The van der Waals surface area contributed by atoms with Crippen LogP contribution in [-0.2, 0) is 20.3 Å². The number of hydrogen-bond acceptors (Lipinski definition) is 0. The summed E-state index contributed by atoms with van der Waals surface area (Å²) in [4.78, 5) is 0. The molecule has 3 heteroatoms. The van der Waals surface area contributed by atoms with Crippen LogP contribution in [0.25, 0.3) is 33.7 Å². The molecule has 0 aromatic heterocycles. The van der Waals surface area contributed by atoms with Crippen molar-refractivity contribution in [2.75, 3.05) is 0 Å². The van der Waals surface area contributed by atoms with Crippen molar-refractivity contribution in [2.45, 2.75) is 42.2 Å². The second-order valence-corrected chi connectivity index (χ2v) is 22.0. The van der Waals surface area contributed by atoms with Crippen LogP contribution in [0.1, 0.15) is 56.2 Å². The standard InChI is InChI=1S/2C14H11.C4H8.2ClH.Zr/c2*1-10-8-12-7-6-11-4-2-3-5-13(11)14(12)9-10;1-3-4-2;;;/h2*2-9H,1H3;1-4H2;2*1H;/q;;;;;+2/p-2. The van der Waals surface area contributed by atoms with Crippen LogP contribution in [-0.4, -0.2) is 0 Å². The summed E-state index contributed by atoms with van der Waals surface area (Å²) < 4.78 is 4.48. The summed E-state index contributed by atoms with van der Waals surface area (Å²) in [5.74, 6) is 0. The van der Waals surface area contributed by atoms with Gasteiger partial charge in [0.2, 0.25) is 0 Å². The van der Waals surface area contributed by atoms with Crippen molar-refractivity contribution < 1.29 is 45.1 Å². The van der Waals surface area contributed by atoms with Crippen molar-refractivity contribution in [3.63, 3.8) is 0 Å². The van der Waals surface area contributed by atoms with Gasteiger partial charge in [0, 0.05) is 0 Å². The van der Waals surface area contributed by atoms with Gasteiger partial charge in [-0.05, 0) is 0 Å². The zero-order valence-corrected chi connectivity index (χ0v) is 24.3. The van der Waals surface area contributed by atoms with Crippen molar-refractivity contribution >= 4 is 33.7 Å². The maximum Gasteiger partial charge on any atom is -1.00 e. The largest absolute Gasteiger partial charge is 1.00 e. The molecule has 0 N–H and O–H groups in total. The van der Waals surface area contributed by atoms with E-state index in [1.807, 2.05) is 0 Å². The fourth-order valence-electron chi connectivity index (χ4n) is 7.87. The van der Waals surface area contributed by atoms with Crippen LogP contribution in [0.4, 0.5) is 0 Å². The molecule has 2 aliphatic carbocycles. The van der Waals surface area contributed by atoms with Gasteiger partial charge in [-0.3, -0.25) is 0 Å². The number of halogens is 2. The molecular weight excluding hydrogens is 546 g/mol. The first kappa shape index (κ1) is 25.0. The summed E-state index contributed by atoms with van der Waals surface area (Å²) in [6.07, 6.45) is 8.01. The maximum atomic E-state index is 2.56. The molecule has 4 aromatic rings. The van der Waals surface area contributed by atoms with Crippen LogP contribution in [0.15, 0.2) is 83.9 Å². The Hall–Kier alpha value is -1.66.